The number of nitrogens with one attached hydrogen (secondary N) is 3. The number of benzene rings is 2. The highest BCUT2D eigenvalue weighted by Crippen LogP contribution is 2.41. The molecule has 3 heterocycles. The van der Waals surface area contributed by atoms with E-state index in [9.17, 15) is 19.2 Å². The maximum absolute atomic E-state index is 13.3. The number of anilines is 1. The molecule has 3 aliphatic rings. The number of carboxylic acid groups (broad SMARTS) is 1. The zero-order valence-electron chi connectivity index (χ0n) is 20.4. The Bertz CT molecular complexity index is 1230. The SMILES string of the molecule is O=C(O)CCCCCNc1ccc2c(c1)CNC2OC1c2ccccc2C(=O)N1C1CCC(=O)NC1=O. The van der Waals surface area contributed by atoms with Gasteiger partial charge in [-0.3, -0.25) is 34.7 Å². The molecule has 1 fully saturated rings. The van der Waals surface area contributed by atoms with Crippen molar-refractivity contribution in [2.45, 2.75) is 63.6 Å². The first-order chi connectivity index (χ1) is 17.9. The van der Waals surface area contributed by atoms with Crippen molar-refractivity contribution in [3.05, 3.63) is 64.7 Å². The molecule has 0 radical (unpaired) electrons. The van der Waals surface area contributed by atoms with Crippen LogP contribution in [0, 0.1) is 0 Å². The van der Waals surface area contributed by atoms with Crippen molar-refractivity contribution in [2.75, 3.05) is 11.9 Å². The van der Waals surface area contributed by atoms with E-state index in [1.165, 1.54) is 4.90 Å². The number of fused-ring (bicyclic) bond motifs is 2. The predicted molar refractivity (Wildman–Crippen MR) is 133 cm³/mol. The van der Waals surface area contributed by atoms with E-state index in [1.54, 1.807) is 12.1 Å². The highest BCUT2D eigenvalue weighted by molar-refractivity contribution is 6.05. The molecule has 0 aromatic heterocycles. The molecule has 3 atom stereocenters. The quantitative estimate of drug-likeness (QED) is 0.285. The number of rotatable bonds is 10. The fraction of sp³-hybridized carbons (Fsp3) is 0.407. The number of amides is 3. The number of aliphatic carboxylic acids is 1. The van der Waals surface area contributed by atoms with Crippen molar-refractivity contribution in [3.8, 4) is 0 Å². The van der Waals surface area contributed by atoms with Gasteiger partial charge >= 0.3 is 5.97 Å². The lowest BCUT2D eigenvalue weighted by molar-refractivity contribution is -0.146. The molecule has 2 aromatic rings. The Morgan fingerprint density at radius 3 is 2.73 bits per heavy atom. The van der Waals surface area contributed by atoms with E-state index in [2.05, 4.69) is 22.0 Å². The monoisotopic (exact) mass is 506 g/mol. The fourth-order valence-corrected chi connectivity index (χ4v) is 5.19. The molecule has 3 amide bonds. The number of carboxylic acids is 1. The van der Waals surface area contributed by atoms with Crippen molar-refractivity contribution in [2.24, 2.45) is 0 Å². The third kappa shape index (κ3) is 5.21. The summed E-state index contributed by atoms with van der Waals surface area (Å²) < 4.78 is 6.48. The Labute approximate surface area is 214 Å². The number of nitrogens with zero attached hydrogens (tertiary/aromatic N) is 1. The normalized spacial score (nSPS) is 22.5. The molecule has 5 rings (SSSR count). The maximum Gasteiger partial charge on any atom is 0.303 e. The number of piperidine rings is 1. The topological polar surface area (TPSA) is 137 Å². The molecule has 10 heteroatoms. The van der Waals surface area contributed by atoms with Crippen LogP contribution in [0.5, 0.6) is 0 Å². The largest absolute Gasteiger partial charge is 0.481 e. The van der Waals surface area contributed by atoms with Crippen molar-refractivity contribution >= 4 is 29.4 Å². The van der Waals surface area contributed by atoms with Gasteiger partial charge < -0.3 is 15.2 Å². The summed E-state index contributed by atoms with van der Waals surface area (Å²) >= 11 is 0. The highest BCUT2D eigenvalue weighted by atomic mass is 16.5. The summed E-state index contributed by atoms with van der Waals surface area (Å²) in [5.41, 5.74) is 4.22. The van der Waals surface area contributed by atoms with Crippen LogP contribution in [0.1, 0.15) is 78.0 Å². The van der Waals surface area contributed by atoms with Crippen LogP contribution >= 0.6 is 0 Å². The van der Waals surface area contributed by atoms with E-state index in [4.69, 9.17) is 9.84 Å². The molecule has 37 heavy (non-hydrogen) atoms. The van der Waals surface area contributed by atoms with Crippen molar-refractivity contribution in [3.63, 3.8) is 0 Å². The summed E-state index contributed by atoms with van der Waals surface area (Å²) in [7, 11) is 0. The average Bonchev–Trinajstić information content (AvgIpc) is 3.40. The number of carbonyl (C=O) groups is 4. The first-order valence-corrected chi connectivity index (χ1v) is 12.6. The van der Waals surface area contributed by atoms with Crippen LogP contribution in [-0.4, -0.2) is 46.3 Å². The Hall–Kier alpha value is -3.76. The first kappa shape index (κ1) is 24.9. The molecule has 3 unspecified atom stereocenters. The smallest absolute Gasteiger partial charge is 0.303 e. The van der Waals surface area contributed by atoms with Crippen LogP contribution in [0.25, 0.3) is 0 Å². The minimum absolute atomic E-state index is 0.170. The van der Waals surface area contributed by atoms with Gasteiger partial charge in [-0.2, -0.15) is 0 Å². The minimum Gasteiger partial charge on any atom is -0.481 e. The molecule has 194 valence electrons. The highest BCUT2D eigenvalue weighted by Gasteiger charge is 2.46. The Balaban J connectivity index is 1.28. The molecule has 0 bridgehead atoms. The van der Waals surface area contributed by atoms with E-state index < -0.39 is 30.4 Å². The zero-order chi connectivity index (χ0) is 25.9. The Kier molecular flexibility index (Phi) is 7.20. The third-order valence-corrected chi connectivity index (χ3v) is 7.06. The second-order valence-electron chi connectivity index (χ2n) is 9.56. The number of hydrogen-bond acceptors (Lipinski definition) is 7. The number of imide groups is 1. The van der Waals surface area contributed by atoms with Crippen molar-refractivity contribution in [1.29, 1.82) is 0 Å². The van der Waals surface area contributed by atoms with Crippen molar-refractivity contribution in [1.82, 2.24) is 15.5 Å². The molecule has 0 aliphatic carbocycles. The second-order valence-corrected chi connectivity index (χ2v) is 9.56. The Morgan fingerprint density at radius 1 is 1.08 bits per heavy atom. The number of ether oxygens (including phenoxy) is 1. The molecular formula is C27H30N4O6. The number of carbonyl (C=O) groups excluding carboxylic acids is 3. The Morgan fingerprint density at radius 2 is 1.92 bits per heavy atom. The molecule has 0 saturated carbocycles. The molecule has 10 nitrogen and oxygen atoms in total. The molecule has 1 saturated heterocycles. The standard InChI is InChI=1S/C27H30N4O6/c32-22-12-11-21(24(35)30-22)31-26(36)19-6-3-4-7-20(19)27(31)37-25-18-10-9-17(14-16(18)15-29-25)28-13-5-1-2-8-23(33)34/h3-4,6-7,9-10,14,21,25,27-29H,1-2,5,8,11-13,15H2,(H,33,34)(H,30,32,35). The lowest BCUT2D eigenvalue weighted by Crippen LogP contribution is -2.54. The molecule has 3 aliphatic heterocycles. The van der Waals surface area contributed by atoms with E-state index in [0.29, 0.717) is 24.1 Å². The van der Waals surface area contributed by atoms with Crippen molar-refractivity contribution < 1.29 is 29.0 Å². The van der Waals surface area contributed by atoms with E-state index in [1.807, 2.05) is 24.3 Å². The second kappa shape index (κ2) is 10.7. The molecule has 0 spiro atoms. The predicted octanol–water partition coefficient (Wildman–Crippen LogP) is 2.82. The third-order valence-electron chi connectivity index (χ3n) is 7.06. The lowest BCUT2D eigenvalue weighted by atomic mass is 10.0. The van der Waals surface area contributed by atoms with E-state index >= 15 is 0 Å². The zero-order valence-corrected chi connectivity index (χ0v) is 20.4. The fourth-order valence-electron chi connectivity index (χ4n) is 5.19. The maximum atomic E-state index is 13.3. The summed E-state index contributed by atoms with van der Waals surface area (Å²) in [5, 5.41) is 17.8. The molecule has 2 aromatic carbocycles. The van der Waals surface area contributed by atoms with Crippen LogP contribution in [0.2, 0.25) is 0 Å². The van der Waals surface area contributed by atoms with Crippen LogP contribution in [-0.2, 0) is 25.7 Å². The number of unbranched alkanes of at least 4 members (excludes halogenated alkanes) is 2. The van der Waals surface area contributed by atoms with Crippen LogP contribution in [0.3, 0.4) is 0 Å². The van der Waals surface area contributed by atoms with Crippen LogP contribution < -0.4 is 16.0 Å². The summed E-state index contributed by atoms with van der Waals surface area (Å²) in [6, 6.07) is 12.4. The van der Waals surface area contributed by atoms with E-state index in [0.717, 1.165) is 36.2 Å². The molecule has 4 N–H and O–H groups in total. The van der Waals surface area contributed by atoms with Gasteiger partial charge in [0.25, 0.3) is 5.91 Å². The first-order valence-electron chi connectivity index (χ1n) is 12.6. The van der Waals surface area contributed by atoms with E-state index in [-0.39, 0.29) is 31.1 Å². The van der Waals surface area contributed by atoms with Gasteiger partial charge in [-0.25, -0.2) is 0 Å². The van der Waals surface area contributed by atoms with Gasteiger partial charge in [-0.15, -0.1) is 0 Å². The van der Waals surface area contributed by atoms with Crippen LogP contribution in [0.15, 0.2) is 42.5 Å². The van der Waals surface area contributed by atoms with Gasteiger partial charge in [0.1, 0.15) is 12.3 Å². The molecular weight excluding hydrogens is 476 g/mol. The minimum atomic E-state index is -0.787. The van der Waals surface area contributed by atoms with Gasteiger partial charge in [-0.05, 0) is 43.0 Å². The number of hydrogen-bond donors (Lipinski definition) is 4. The average molecular weight is 507 g/mol. The van der Waals surface area contributed by atoms with Crippen LogP contribution in [0.4, 0.5) is 5.69 Å². The van der Waals surface area contributed by atoms with Gasteiger partial charge in [0, 0.05) is 48.3 Å². The summed E-state index contributed by atoms with van der Waals surface area (Å²) in [6.45, 7) is 1.35. The van der Waals surface area contributed by atoms with Gasteiger partial charge in [-0.1, -0.05) is 30.7 Å². The summed E-state index contributed by atoms with van der Waals surface area (Å²) in [5.74, 6) is -1.86. The summed E-state index contributed by atoms with van der Waals surface area (Å²) in [6.07, 6.45) is 1.80. The van der Waals surface area contributed by atoms with Gasteiger partial charge in [0.15, 0.2) is 6.23 Å². The lowest BCUT2D eigenvalue weighted by Gasteiger charge is -2.35. The van der Waals surface area contributed by atoms with Gasteiger partial charge in [0.05, 0.1) is 0 Å². The van der Waals surface area contributed by atoms with Gasteiger partial charge in [0.2, 0.25) is 11.8 Å². The summed E-state index contributed by atoms with van der Waals surface area (Å²) in [4.78, 5) is 49.7.